The number of rotatable bonds is 8. The van der Waals surface area contributed by atoms with Crippen molar-refractivity contribution in [1.82, 2.24) is 5.32 Å². The predicted molar refractivity (Wildman–Crippen MR) is 110 cm³/mol. The number of aliphatic hydroxyl groups is 1. The maximum Gasteiger partial charge on any atom is 0.423 e. The highest BCUT2D eigenvalue weighted by atomic mass is 19.4. The Morgan fingerprint density at radius 2 is 1.70 bits per heavy atom. The first kappa shape index (κ1) is 24.9. The van der Waals surface area contributed by atoms with Crippen molar-refractivity contribution >= 4 is 11.6 Å². The number of anilines is 1. The van der Waals surface area contributed by atoms with Crippen LogP contribution in [0.15, 0.2) is 42.5 Å². The van der Waals surface area contributed by atoms with Crippen LogP contribution in [0.4, 0.5) is 32.0 Å². The van der Waals surface area contributed by atoms with Crippen molar-refractivity contribution in [2.45, 2.75) is 50.7 Å². The van der Waals surface area contributed by atoms with Gasteiger partial charge in [0, 0.05) is 18.7 Å². The Balaban J connectivity index is 1.72. The van der Waals surface area contributed by atoms with Gasteiger partial charge in [-0.05, 0) is 66.6 Å². The first-order valence-electron chi connectivity index (χ1n) is 10.4. The van der Waals surface area contributed by atoms with Crippen LogP contribution in [0, 0.1) is 12.8 Å². The van der Waals surface area contributed by atoms with Gasteiger partial charge in [0.15, 0.2) is 0 Å². The molecule has 1 fully saturated rings. The number of amides is 1. The fraction of sp³-hybridized carbons (Fsp3) is 0.435. The molecule has 3 rings (SSSR count). The van der Waals surface area contributed by atoms with Crippen molar-refractivity contribution < 1.29 is 36.2 Å². The van der Waals surface area contributed by atoms with Crippen LogP contribution in [0.2, 0.25) is 0 Å². The SMILES string of the molecule is Cc1cc(NC[C@](O)(c2cccc(C(F)(F)F)c2)C(F)(F)F)ccc1CNC(=O)CC1CC1. The number of aryl methyl sites for hydroxylation is 1. The monoisotopic (exact) mass is 474 g/mol. The van der Waals surface area contributed by atoms with Gasteiger partial charge in [-0.1, -0.05) is 18.2 Å². The zero-order chi connectivity index (χ0) is 24.4. The van der Waals surface area contributed by atoms with E-state index in [0.29, 0.717) is 30.0 Å². The molecule has 180 valence electrons. The molecule has 1 atom stereocenters. The second-order valence-corrected chi connectivity index (χ2v) is 8.36. The van der Waals surface area contributed by atoms with E-state index in [1.807, 2.05) is 0 Å². The molecule has 0 spiro atoms. The van der Waals surface area contributed by atoms with Crippen molar-refractivity contribution in [3.63, 3.8) is 0 Å². The molecule has 0 aliphatic heterocycles. The summed E-state index contributed by atoms with van der Waals surface area (Å²) in [5, 5.41) is 15.7. The van der Waals surface area contributed by atoms with Crippen molar-refractivity contribution in [3.8, 4) is 0 Å². The molecule has 1 saturated carbocycles. The third kappa shape index (κ3) is 6.19. The second-order valence-electron chi connectivity index (χ2n) is 8.36. The Morgan fingerprint density at radius 1 is 1.03 bits per heavy atom. The summed E-state index contributed by atoms with van der Waals surface area (Å²) in [4.78, 5) is 11.8. The van der Waals surface area contributed by atoms with E-state index in [1.165, 1.54) is 6.07 Å². The molecule has 2 aromatic rings. The number of alkyl halides is 6. The number of carbonyl (C=O) groups excluding carboxylic acids is 1. The lowest BCUT2D eigenvalue weighted by Crippen LogP contribution is -2.48. The Morgan fingerprint density at radius 3 is 2.27 bits per heavy atom. The molecule has 1 amide bonds. The molecule has 0 bridgehead atoms. The second kappa shape index (κ2) is 9.24. The first-order valence-corrected chi connectivity index (χ1v) is 10.4. The third-order valence-electron chi connectivity index (χ3n) is 5.67. The van der Waals surface area contributed by atoms with Crippen molar-refractivity contribution in [2.75, 3.05) is 11.9 Å². The number of nitrogens with one attached hydrogen (secondary N) is 2. The van der Waals surface area contributed by atoms with Crippen LogP contribution in [-0.4, -0.2) is 23.7 Å². The van der Waals surface area contributed by atoms with Crippen LogP contribution in [0.1, 0.15) is 41.5 Å². The molecule has 2 aromatic carbocycles. The summed E-state index contributed by atoms with van der Waals surface area (Å²) in [6.45, 7) is 0.902. The zero-order valence-corrected chi connectivity index (χ0v) is 17.8. The summed E-state index contributed by atoms with van der Waals surface area (Å²) in [5.74, 6) is 0.386. The molecule has 0 saturated heterocycles. The minimum atomic E-state index is -5.23. The summed E-state index contributed by atoms with van der Waals surface area (Å²) in [6, 6.07) is 7.23. The van der Waals surface area contributed by atoms with E-state index in [-0.39, 0.29) is 18.1 Å². The van der Waals surface area contributed by atoms with Crippen LogP contribution in [-0.2, 0) is 23.1 Å². The normalized spacial score (nSPS) is 16.2. The fourth-order valence-electron chi connectivity index (χ4n) is 3.40. The van der Waals surface area contributed by atoms with Crippen LogP contribution in [0.25, 0.3) is 0 Å². The van der Waals surface area contributed by atoms with E-state index in [1.54, 1.807) is 19.1 Å². The highest BCUT2D eigenvalue weighted by Crippen LogP contribution is 2.41. The first-order chi connectivity index (χ1) is 15.3. The molecular weight excluding hydrogens is 450 g/mol. The van der Waals surface area contributed by atoms with E-state index in [9.17, 15) is 36.2 Å². The average molecular weight is 474 g/mol. The Hall–Kier alpha value is -2.75. The van der Waals surface area contributed by atoms with Gasteiger partial charge in [0.2, 0.25) is 11.5 Å². The number of halogens is 6. The average Bonchev–Trinajstić information content (AvgIpc) is 3.54. The highest BCUT2D eigenvalue weighted by molar-refractivity contribution is 5.76. The fourth-order valence-corrected chi connectivity index (χ4v) is 3.40. The van der Waals surface area contributed by atoms with Gasteiger partial charge < -0.3 is 15.7 Å². The molecule has 10 heteroatoms. The third-order valence-corrected chi connectivity index (χ3v) is 5.67. The standard InChI is InChI=1S/C23H24F6N2O2/c1-14-9-19(8-7-16(14)12-30-20(32)10-15-5-6-15)31-13-21(33,23(27,28)29)17-3-2-4-18(11-17)22(24,25)26/h2-4,7-9,11,15,31,33H,5-6,10,12-13H2,1H3,(H,30,32)/t21-/m0/s1. The number of hydrogen-bond donors (Lipinski definition) is 3. The van der Waals surface area contributed by atoms with Crippen molar-refractivity contribution in [1.29, 1.82) is 0 Å². The van der Waals surface area contributed by atoms with Gasteiger partial charge >= 0.3 is 12.4 Å². The van der Waals surface area contributed by atoms with Gasteiger partial charge in [-0.2, -0.15) is 26.3 Å². The summed E-state index contributed by atoms with van der Waals surface area (Å²) in [7, 11) is 0. The Kier molecular flexibility index (Phi) is 6.97. The smallest absolute Gasteiger partial charge is 0.381 e. The Bertz CT molecular complexity index is 1000. The van der Waals surface area contributed by atoms with E-state index in [0.717, 1.165) is 30.5 Å². The summed E-state index contributed by atoms with van der Waals surface area (Å²) in [5.41, 5.74) is -4.03. The zero-order valence-electron chi connectivity index (χ0n) is 17.8. The molecular formula is C23H24F6N2O2. The lowest BCUT2D eigenvalue weighted by molar-refractivity contribution is -0.260. The topological polar surface area (TPSA) is 61.4 Å². The van der Waals surface area contributed by atoms with E-state index >= 15 is 0 Å². The lowest BCUT2D eigenvalue weighted by Gasteiger charge is -2.32. The minimum Gasteiger partial charge on any atom is -0.381 e. The molecule has 3 N–H and O–H groups in total. The molecule has 1 aliphatic carbocycles. The summed E-state index contributed by atoms with van der Waals surface area (Å²) in [6.07, 6.45) is -7.50. The van der Waals surface area contributed by atoms with Gasteiger partial charge in [0.05, 0.1) is 12.1 Å². The van der Waals surface area contributed by atoms with Gasteiger partial charge in [0.25, 0.3) is 0 Å². The maximum absolute atomic E-state index is 13.7. The van der Waals surface area contributed by atoms with Crippen LogP contribution < -0.4 is 10.6 Å². The molecule has 0 aromatic heterocycles. The van der Waals surface area contributed by atoms with Crippen molar-refractivity contribution in [3.05, 3.63) is 64.7 Å². The summed E-state index contributed by atoms with van der Waals surface area (Å²) >= 11 is 0. The largest absolute Gasteiger partial charge is 0.423 e. The number of hydrogen-bond acceptors (Lipinski definition) is 3. The Labute approximate surface area is 187 Å². The summed E-state index contributed by atoms with van der Waals surface area (Å²) < 4.78 is 80.0. The maximum atomic E-state index is 13.7. The number of carbonyl (C=O) groups is 1. The van der Waals surface area contributed by atoms with E-state index in [4.69, 9.17) is 0 Å². The molecule has 0 radical (unpaired) electrons. The van der Waals surface area contributed by atoms with Gasteiger partial charge in [-0.25, -0.2) is 0 Å². The molecule has 0 unspecified atom stereocenters. The number of benzene rings is 2. The van der Waals surface area contributed by atoms with Crippen LogP contribution in [0.3, 0.4) is 0 Å². The van der Waals surface area contributed by atoms with Gasteiger partial charge in [0.1, 0.15) is 0 Å². The minimum absolute atomic E-state index is 0.0598. The molecule has 1 aliphatic rings. The van der Waals surface area contributed by atoms with Crippen molar-refractivity contribution in [2.24, 2.45) is 5.92 Å². The van der Waals surface area contributed by atoms with Gasteiger partial charge in [-0.15, -0.1) is 0 Å². The van der Waals surface area contributed by atoms with Crippen LogP contribution >= 0.6 is 0 Å². The molecule has 4 nitrogen and oxygen atoms in total. The quantitative estimate of drug-likeness (QED) is 0.456. The highest BCUT2D eigenvalue weighted by Gasteiger charge is 2.55. The molecule has 33 heavy (non-hydrogen) atoms. The van der Waals surface area contributed by atoms with E-state index < -0.39 is 35.6 Å². The van der Waals surface area contributed by atoms with E-state index in [2.05, 4.69) is 10.6 Å². The lowest BCUT2D eigenvalue weighted by atomic mass is 9.91. The predicted octanol–water partition coefficient (Wildman–Crippen LogP) is 5.29. The molecule has 0 heterocycles. The van der Waals surface area contributed by atoms with Crippen LogP contribution in [0.5, 0.6) is 0 Å². The van der Waals surface area contributed by atoms with Gasteiger partial charge in [-0.3, -0.25) is 4.79 Å².